The Morgan fingerprint density at radius 3 is 2.77 bits per heavy atom. The lowest BCUT2D eigenvalue weighted by Gasteiger charge is -2.52. The number of aliphatic hydroxyl groups is 1. The Bertz CT molecular complexity index is 264. The zero-order valence-corrected chi connectivity index (χ0v) is 7.56. The van der Waals surface area contributed by atoms with Crippen LogP contribution in [-0.4, -0.2) is 22.1 Å². The van der Waals surface area contributed by atoms with E-state index in [4.69, 9.17) is 5.21 Å². The molecule has 4 aliphatic carbocycles. The van der Waals surface area contributed by atoms with Crippen molar-refractivity contribution < 1.29 is 10.3 Å². The summed E-state index contributed by atoms with van der Waals surface area (Å²) in [5.74, 6) is 1.95. The molecule has 2 N–H and O–H groups in total. The lowest BCUT2D eigenvalue weighted by Crippen LogP contribution is -2.53. The van der Waals surface area contributed by atoms with Gasteiger partial charge in [-0.05, 0) is 37.5 Å². The Balaban J connectivity index is 1.98. The van der Waals surface area contributed by atoms with Crippen molar-refractivity contribution in [1.82, 2.24) is 0 Å². The van der Waals surface area contributed by atoms with Crippen LogP contribution in [0.1, 0.15) is 25.7 Å². The fraction of sp³-hybridized carbons (Fsp3) is 0.900. The molecule has 0 aromatic rings. The van der Waals surface area contributed by atoms with Crippen LogP contribution in [0.3, 0.4) is 0 Å². The van der Waals surface area contributed by atoms with Crippen LogP contribution in [-0.2, 0) is 0 Å². The second-order valence-corrected chi connectivity index (χ2v) is 4.89. The summed E-state index contributed by atoms with van der Waals surface area (Å²) >= 11 is 0. The van der Waals surface area contributed by atoms with Crippen LogP contribution >= 0.6 is 0 Å². The second-order valence-electron chi connectivity index (χ2n) is 4.89. The predicted octanol–water partition coefficient (Wildman–Crippen LogP) is 1.24. The molecule has 0 heterocycles. The molecule has 72 valence electrons. The molecule has 3 nitrogen and oxygen atoms in total. The van der Waals surface area contributed by atoms with Gasteiger partial charge < -0.3 is 10.3 Å². The highest BCUT2D eigenvalue weighted by Crippen LogP contribution is 2.52. The van der Waals surface area contributed by atoms with Gasteiger partial charge in [0.1, 0.15) is 0 Å². The first-order chi connectivity index (χ1) is 6.29. The first-order valence-corrected chi connectivity index (χ1v) is 5.19. The molecule has 4 fully saturated rings. The molecule has 0 saturated heterocycles. The van der Waals surface area contributed by atoms with Gasteiger partial charge in [0.05, 0.1) is 11.8 Å². The van der Waals surface area contributed by atoms with E-state index < -0.39 is 0 Å². The molecule has 4 bridgehead atoms. The van der Waals surface area contributed by atoms with Crippen molar-refractivity contribution in [3.05, 3.63) is 0 Å². The summed E-state index contributed by atoms with van der Waals surface area (Å²) in [6, 6.07) is 0. The summed E-state index contributed by atoms with van der Waals surface area (Å²) in [5.41, 5.74) is 0.889. The average molecular weight is 181 g/mol. The Morgan fingerprint density at radius 1 is 1.15 bits per heavy atom. The molecule has 0 aliphatic heterocycles. The summed E-state index contributed by atoms with van der Waals surface area (Å²) in [4.78, 5) is 0. The Hall–Kier alpha value is -0.570. The van der Waals surface area contributed by atoms with Crippen LogP contribution in [0.15, 0.2) is 5.16 Å². The van der Waals surface area contributed by atoms with Crippen LogP contribution in [0.4, 0.5) is 0 Å². The van der Waals surface area contributed by atoms with Crippen LogP contribution in [0.2, 0.25) is 0 Å². The zero-order valence-electron chi connectivity index (χ0n) is 7.56. The molecule has 13 heavy (non-hydrogen) atoms. The third kappa shape index (κ3) is 0.909. The SMILES string of the molecule is O/N=C1\[C@@H]2C[C@@H]3C[C@H](C2)[C@H](O)[C@H]1C3. The van der Waals surface area contributed by atoms with Crippen molar-refractivity contribution in [3.63, 3.8) is 0 Å². The standard InChI is InChI=1S/C10H15NO2/c12-10-7-2-5-1-6(4-7)9(11-13)8(10)3-5/h5-8,10,12-13H,1-4H2/b11-9+/t5-,6-,7-,8+,10+/m1/s1. The molecule has 0 unspecified atom stereocenters. The van der Waals surface area contributed by atoms with Crippen molar-refractivity contribution in [2.24, 2.45) is 28.8 Å². The number of hydrogen-bond donors (Lipinski definition) is 2. The number of aliphatic hydroxyl groups excluding tert-OH is 1. The van der Waals surface area contributed by atoms with Gasteiger partial charge in [-0.1, -0.05) is 5.16 Å². The number of hydrogen-bond acceptors (Lipinski definition) is 3. The zero-order chi connectivity index (χ0) is 9.00. The smallest absolute Gasteiger partial charge is 0.0658 e. The van der Waals surface area contributed by atoms with E-state index in [1.54, 1.807) is 0 Å². The second kappa shape index (κ2) is 2.47. The molecule has 0 aromatic carbocycles. The van der Waals surface area contributed by atoms with Gasteiger partial charge in [-0.3, -0.25) is 0 Å². The van der Waals surface area contributed by atoms with Crippen molar-refractivity contribution in [1.29, 1.82) is 0 Å². The fourth-order valence-corrected chi connectivity index (χ4v) is 3.78. The van der Waals surface area contributed by atoms with Gasteiger partial charge in [-0.15, -0.1) is 0 Å². The van der Waals surface area contributed by atoms with Gasteiger partial charge in [0.25, 0.3) is 0 Å². The fourth-order valence-electron chi connectivity index (χ4n) is 3.78. The Labute approximate surface area is 77.4 Å². The molecule has 4 rings (SSSR count). The summed E-state index contributed by atoms with van der Waals surface area (Å²) in [5, 5.41) is 22.2. The van der Waals surface area contributed by atoms with Gasteiger partial charge in [0.2, 0.25) is 0 Å². The number of rotatable bonds is 0. The van der Waals surface area contributed by atoms with Crippen molar-refractivity contribution >= 4 is 5.71 Å². The minimum absolute atomic E-state index is 0.182. The number of nitrogens with zero attached hydrogens (tertiary/aromatic N) is 1. The quantitative estimate of drug-likeness (QED) is 0.436. The molecule has 0 spiro atoms. The van der Waals surface area contributed by atoms with E-state index in [1.165, 1.54) is 12.8 Å². The van der Waals surface area contributed by atoms with Crippen molar-refractivity contribution in [3.8, 4) is 0 Å². The highest BCUT2D eigenvalue weighted by molar-refractivity contribution is 5.90. The summed E-state index contributed by atoms with van der Waals surface area (Å²) < 4.78 is 0. The summed E-state index contributed by atoms with van der Waals surface area (Å²) in [6.07, 6.45) is 4.27. The van der Waals surface area contributed by atoms with E-state index in [9.17, 15) is 5.11 Å². The molecular formula is C10H15NO2. The minimum atomic E-state index is -0.223. The van der Waals surface area contributed by atoms with E-state index in [2.05, 4.69) is 5.16 Å². The third-order valence-electron chi connectivity index (χ3n) is 4.24. The molecule has 4 aliphatic rings. The first-order valence-electron chi connectivity index (χ1n) is 5.19. The van der Waals surface area contributed by atoms with E-state index in [0.717, 1.165) is 24.5 Å². The van der Waals surface area contributed by atoms with Gasteiger partial charge >= 0.3 is 0 Å². The molecule has 0 radical (unpaired) electrons. The van der Waals surface area contributed by atoms with Crippen LogP contribution in [0, 0.1) is 23.7 Å². The predicted molar refractivity (Wildman–Crippen MR) is 47.7 cm³/mol. The van der Waals surface area contributed by atoms with Gasteiger partial charge in [-0.2, -0.15) is 0 Å². The molecule has 0 aromatic heterocycles. The molecule has 5 atom stereocenters. The van der Waals surface area contributed by atoms with Gasteiger partial charge in [0.15, 0.2) is 0 Å². The highest BCUT2D eigenvalue weighted by atomic mass is 16.4. The maximum absolute atomic E-state index is 9.94. The summed E-state index contributed by atoms with van der Waals surface area (Å²) in [7, 11) is 0. The maximum Gasteiger partial charge on any atom is 0.0658 e. The van der Waals surface area contributed by atoms with Crippen LogP contribution in [0.25, 0.3) is 0 Å². The van der Waals surface area contributed by atoms with Crippen LogP contribution in [0.5, 0.6) is 0 Å². The van der Waals surface area contributed by atoms with Gasteiger partial charge in [0, 0.05) is 11.8 Å². The van der Waals surface area contributed by atoms with Crippen molar-refractivity contribution in [2.75, 3.05) is 0 Å². The average Bonchev–Trinajstić information content (AvgIpc) is 2.13. The minimum Gasteiger partial charge on any atom is -0.411 e. The Morgan fingerprint density at radius 2 is 2.00 bits per heavy atom. The van der Waals surface area contributed by atoms with Gasteiger partial charge in [-0.25, -0.2) is 0 Å². The maximum atomic E-state index is 9.94. The molecule has 0 amide bonds. The van der Waals surface area contributed by atoms with Crippen molar-refractivity contribution in [2.45, 2.75) is 31.8 Å². The van der Waals surface area contributed by atoms with E-state index >= 15 is 0 Å². The lowest BCUT2D eigenvalue weighted by molar-refractivity contribution is -0.0341. The molecule has 4 saturated carbocycles. The third-order valence-corrected chi connectivity index (χ3v) is 4.24. The summed E-state index contributed by atoms with van der Waals surface area (Å²) in [6.45, 7) is 0. The van der Waals surface area contributed by atoms with Crippen LogP contribution < -0.4 is 0 Å². The number of oxime groups is 1. The molecule has 3 heteroatoms. The normalized spacial score (nSPS) is 56.1. The monoisotopic (exact) mass is 181 g/mol. The largest absolute Gasteiger partial charge is 0.411 e. The van der Waals surface area contributed by atoms with E-state index in [0.29, 0.717) is 11.8 Å². The topological polar surface area (TPSA) is 52.8 Å². The van der Waals surface area contributed by atoms with E-state index in [1.807, 2.05) is 0 Å². The lowest BCUT2D eigenvalue weighted by atomic mass is 9.54. The van der Waals surface area contributed by atoms with E-state index in [-0.39, 0.29) is 12.0 Å². The Kier molecular flexibility index (Phi) is 1.48. The first kappa shape index (κ1) is 7.80. The highest BCUT2D eigenvalue weighted by Gasteiger charge is 2.51. The molecular weight excluding hydrogens is 166 g/mol.